The third-order valence-corrected chi connectivity index (χ3v) is 1.30. The average molecular weight is 155 g/mol. The third kappa shape index (κ3) is 5.83. The highest BCUT2D eigenvalue weighted by molar-refractivity contribution is 4.93. The Kier molecular flexibility index (Phi) is 5.80. The van der Waals surface area contributed by atoms with E-state index in [1.54, 1.807) is 0 Å². The maximum Gasteiger partial charge on any atom is 0.0558 e. The Balaban J connectivity index is 3.67. The molecule has 2 heteroatoms. The Labute approximate surface area is 68.8 Å². The smallest absolute Gasteiger partial charge is 0.0558 e. The number of nitrogens with zero attached hydrogens (tertiary/aromatic N) is 1. The molecular formula is C9H17NO. The van der Waals surface area contributed by atoms with Crippen molar-refractivity contribution in [2.75, 3.05) is 26.2 Å². The van der Waals surface area contributed by atoms with Gasteiger partial charge in [-0.2, -0.15) is 0 Å². The fourth-order valence-electron chi connectivity index (χ4n) is 0.941. The Morgan fingerprint density at radius 1 is 1.64 bits per heavy atom. The molecular weight excluding hydrogens is 138 g/mol. The SMILES string of the molecule is C=CCN(CCO)CC(=C)C. The quantitative estimate of drug-likeness (QED) is 0.579. The molecule has 11 heavy (non-hydrogen) atoms. The van der Waals surface area contributed by atoms with Crippen molar-refractivity contribution in [3.63, 3.8) is 0 Å². The van der Waals surface area contributed by atoms with Crippen molar-refractivity contribution in [1.82, 2.24) is 4.90 Å². The van der Waals surface area contributed by atoms with Crippen molar-refractivity contribution in [2.45, 2.75) is 6.92 Å². The highest BCUT2D eigenvalue weighted by Crippen LogP contribution is 1.94. The Bertz CT molecular complexity index is 132. The van der Waals surface area contributed by atoms with Crippen LogP contribution in [0.4, 0.5) is 0 Å². The molecule has 2 nitrogen and oxygen atoms in total. The molecule has 0 aromatic heterocycles. The van der Waals surface area contributed by atoms with Crippen LogP contribution in [0.5, 0.6) is 0 Å². The first-order chi connectivity index (χ1) is 5.20. The van der Waals surface area contributed by atoms with Gasteiger partial charge < -0.3 is 5.11 Å². The molecule has 0 aromatic rings. The van der Waals surface area contributed by atoms with Gasteiger partial charge in [-0.3, -0.25) is 4.90 Å². The zero-order valence-electron chi connectivity index (χ0n) is 7.21. The first-order valence-electron chi connectivity index (χ1n) is 3.79. The Morgan fingerprint density at radius 3 is 2.64 bits per heavy atom. The summed E-state index contributed by atoms with van der Waals surface area (Å²) in [6.45, 7) is 12.0. The van der Waals surface area contributed by atoms with E-state index in [9.17, 15) is 0 Å². The highest BCUT2D eigenvalue weighted by Gasteiger charge is 2.00. The Hall–Kier alpha value is -0.600. The molecule has 0 spiro atoms. The van der Waals surface area contributed by atoms with E-state index in [-0.39, 0.29) is 6.61 Å². The van der Waals surface area contributed by atoms with Crippen molar-refractivity contribution >= 4 is 0 Å². The maximum absolute atomic E-state index is 8.67. The Morgan fingerprint density at radius 2 is 2.27 bits per heavy atom. The van der Waals surface area contributed by atoms with E-state index in [2.05, 4.69) is 18.1 Å². The van der Waals surface area contributed by atoms with Crippen LogP contribution in [0.25, 0.3) is 0 Å². The van der Waals surface area contributed by atoms with Crippen LogP contribution in [0.15, 0.2) is 24.8 Å². The zero-order chi connectivity index (χ0) is 8.69. The second-order valence-electron chi connectivity index (χ2n) is 2.70. The minimum absolute atomic E-state index is 0.196. The predicted molar refractivity (Wildman–Crippen MR) is 48.5 cm³/mol. The van der Waals surface area contributed by atoms with Gasteiger partial charge in [0.1, 0.15) is 0 Å². The van der Waals surface area contributed by atoms with Crippen LogP contribution in [-0.4, -0.2) is 36.2 Å². The number of aliphatic hydroxyl groups is 1. The lowest BCUT2D eigenvalue weighted by Gasteiger charge is -2.18. The molecule has 0 atom stereocenters. The molecule has 1 N–H and O–H groups in total. The van der Waals surface area contributed by atoms with Crippen molar-refractivity contribution in [2.24, 2.45) is 0 Å². The van der Waals surface area contributed by atoms with Crippen LogP contribution < -0.4 is 0 Å². The largest absolute Gasteiger partial charge is 0.395 e. The van der Waals surface area contributed by atoms with Gasteiger partial charge in [0.2, 0.25) is 0 Å². The first-order valence-corrected chi connectivity index (χ1v) is 3.79. The zero-order valence-corrected chi connectivity index (χ0v) is 7.21. The van der Waals surface area contributed by atoms with E-state index in [0.29, 0.717) is 6.54 Å². The van der Waals surface area contributed by atoms with Gasteiger partial charge in [0, 0.05) is 19.6 Å². The van der Waals surface area contributed by atoms with E-state index >= 15 is 0 Å². The van der Waals surface area contributed by atoms with Gasteiger partial charge >= 0.3 is 0 Å². The van der Waals surface area contributed by atoms with Crippen LogP contribution >= 0.6 is 0 Å². The summed E-state index contributed by atoms with van der Waals surface area (Å²) in [7, 11) is 0. The second-order valence-corrected chi connectivity index (χ2v) is 2.70. The molecule has 0 fully saturated rings. The lowest BCUT2D eigenvalue weighted by atomic mass is 10.3. The van der Waals surface area contributed by atoms with Gasteiger partial charge in [0.05, 0.1) is 6.61 Å². The summed E-state index contributed by atoms with van der Waals surface area (Å²) in [6.07, 6.45) is 1.83. The fraction of sp³-hybridized carbons (Fsp3) is 0.556. The summed E-state index contributed by atoms with van der Waals surface area (Å²) in [5.74, 6) is 0. The summed E-state index contributed by atoms with van der Waals surface area (Å²) in [4.78, 5) is 2.09. The molecule has 0 unspecified atom stereocenters. The number of hydrogen-bond donors (Lipinski definition) is 1. The molecule has 0 heterocycles. The van der Waals surface area contributed by atoms with E-state index in [1.165, 1.54) is 0 Å². The fourth-order valence-corrected chi connectivity index (χ4v) is 0.941. The number of aliphatic hydroxyl groups excluding tert-OH is 1. The lowest BCUT2D eigenvalue weighted by molar-refractivity contribution is 0.218. The van der Waals surface area contributed by atoms with Crippen molar-refractivity contribution in [3.8, 4) is 0 Å². The van der Waals surface area contributed by atoms with Crippen molar-refractivity contribution in [1.29, 1.82) is 0 Å². The average Bonchev–Trinajstić information content (AvgIpc) is 1.87. The van der Waals surface area contributed by atoms with Gasteiger partial charge in [-0.15, -0.1) is 6.58 Å². The van der Waals surface area contributed by atoms with Gasteiger partial charge in [-0.1, -0.05) is 18.2 Å². The summed E-state index contributed by atoms with van der Waals surface area (Å²) in [5.41, 5.74) is 1.11. The standard InChI is InChI=1S/C9H17NO/c1-4-5-10(6-7-11)8-9(2)3/h4,11H,1-2,5-8H2,3H3. The highest BCUT2D eigenvalue weighted by atomic mass is 16.3. The summed E-state index contributed by atoms with van der Waals surface area (Å²) < 4.78 is 0. The molecule has 0 amide bonds. The van der Waals surface area contributed by atoms with Gasteiger partial charge in [0.25, 0.3) is 0 Å². The predicted octanol–water partition coefficient (Wildman–Crippen LogP) is 1.04. The molecule has 64 valence electrons. The molecule has 0 aromatic carbocycles. The van der Waals surface area contributed by atoms with Gasteiger partial charge in [0.15, 0.2) is 0 Å². The first kappa shape index (κ1) is 10.4. The van der Waals surface area contributed by atoms with Crippen molar-refractivity contribution < 1.29 is 5.11 Å². The molecule has 0 radical (unpaired) electrons. The summed E-state index contributed by atoms with van der Waals surface area (Å²) in [5, 5.41) is 8.67. The van der Waals surface area contributed by atoms with E-state index < -0.39 is 0 Å². The van der Waals surface area contributed by atoms with Gasteiger partial charge in [-0.25, -0.2) is 0 Å². The van der Waals surface area contributed by atoms with Gasteiger partial charge in [-0.05, 0) is 6.92 Å². The third-order valence-electron chi connectivity index (χ3n) is 1.30. The summed E-state index contributed by atoms with van der Waals surface area (Å²) in [6, 6.07) is 0. The minimum atomic E-state index is 0.196. The lowest BCUT2D eigenvalue weighted by Crippen LogP contribution is -2.28. The molecule has 0 rings (SSSR count). The molecule has 0 saturated carbocycles. The van der Waals surface area contributed by atoms with E-state index in [0.717, 1.165) is 18.7 Å². The van der Waals surface area contributed by atoms with E-state index in [4.69, 9.17) is 5.11 Å². The molecule has 0 aliphatic rings. The molecule has 0 saturated heterocycles. The maximum atomic E-state index is 8.67. The van der Waals surface area contributed by atoms with Crippen LogP contribution in [0.3, 0.4) is 0 Å². The van der Waals surface area contributed by atoms with Crippen LogP contribution in [-0.2, 0) is 0 Å². The molecule has 0 aliphatic carbocycles. The topological polar surface area (TPSA) is 23.5 Å². The van der Waals surface area contributed by atoms with E-state index in [1.807, 2.05) is 13.0 Å². The van der Waals surface area contributed by atoms with Crippen LogP contribution in [0.2, 0.25) is 0 Å². The second kappa shape index (κ2) is 6.13. The summed E-state index contributed by atoms with van der Waals surface area (Å²) >= 11 is 0. The number of hydrogen-bond acceptors (Lipinski definition) is 2. The monoisotopic (exact) mass is 155 g/mol. The minimum Gasteiger partial charge on any atom is -0.395 e. The molecule has 0 bridgehead atoms. The molecule has 0 aliphatic heterocycles. The number of rotatable bonds is 6. The van der Waals surface area contributed by atoms with Crippen molar-refractivity contribution in [3.05, 3.63) is 24.8 Å². The van der Waals surface area contributed by atoms with Crippen LogP contribution in [0.1, 0.15) is 6.92 Å². The normalized spacial score (nSPS) is 10.1. The van der Waals surface area contributed by atoms with Crippen LogP contribution in [0, 0.1) is 0 Å².